The highest BCUT2D eigenvalue weighted by Gasteiger charge is 2.12. The van der Waals surface area contributed by atoms with Crippen molar-refractivity contribution >= 4 is 22.7 Å². The molecule has 0 saturated heterocycles. The summed E-state index contributed by atoms with van der Waals surface area (Å²) in [4.78, 5) is 42.5. The van der Waals surface area contributed by atoms with E-state index in [0.717, 1.165) is 0 Å². The van der Waals surface area contributed by atoms with Gasteiger partial charge in [-0.25, -0.2) is 9.37 Å². The molecule has 0 unspecified atom stereocenters. The summed E-state index contributed by atoms with van der Waals surface area (Å²) >= 11 is 0. The Labute approximate surface area is 153 Å². The van der Waals surface area contributed by atoms with Crippen molar-refractivity contribution in [2.45, 2.75) is 6.42 Å². The number of carbonyl (C=O) groups is 2. The number of halogens is 1. The first-order valence-corrected chi connectivity index (χ1v) is 8.36. The molecule has 0 fully saturated rings. The van der Waals surface area contributed by atoms with Crippen molar-refractivity contribution in [3.8, 4) is 0 Å². The predicted molar refractivity (Wildman–Crippen MR) is 98.0 cm³/mol. The van der Waals surface area contributed by atoms with E-state index in [2.05, 4.69) is 20.6 Å². The molecule has 138 valence electrons. The molecule has 1 aromatic heterocycles. The maximum Gasteiger partial charge on any atom is 0.287 e. The molecule has 0 spiro atoms. The number of H-pyrrole nitrogens is 1. The largest absolute Gasteiger partial charge is 0.352 e. The SMILES string of the molecule is O=C(NCCCNC(=O)c1ccccc1F)c1nc2ccccc2c(=O)[nH]1. The number of rotatable bonds is 6. The minimum Gasteiger partial charge on any atom is -0.352 e. The highest BCUT2D eigenvalue weighted by atomic mass is 19.1. The Bertz CT molecular complexity index is 1050. The zero-order valence-corrected chi connectivity index (χ0v) is 14.3. The van der Waals surface area contributed by atoms with Crippen LogP contribution in [0.5, 0.6) is 0 Å². The van der Waals surface area contributed by atoms with Gasteiger partial charge in [0.1, 0.15) is 5.82 Å². The molecule has 3 rings (SSSR count). The molecular formula is C19H17FN4O3. The van der Waals surface area contributed by atoms with Gasteiger partial charge in [0.25, 0.3) is 17.4 Å². The summed E-state index contributed by atoms with van der Waals surface area (Å²) in [6.45, 7) is 0.516. The van der Waals surface area contributed by atoms with Crippen molar-refractivity contribution in [3.05, 3.63) is 76.1 Å². The average Bonchev–Trinajstić information content (AvgIpc) is 2.67. The van der Waals surface area contributed by atoms with Gasteiger partial charge in [-0.1, -0.05) is 24.3 Å². The Morgan fingerprint density at radius 1 is 0.963 bits per heavy atom. The van der Waals surface area contributed by atoms with Crippen molar-refractivity contribution in [2.75, 3.05) is 13.1 Å². The minimum absolute atomic E-state index is 0.0283. The van der Waals surface area contributed by atoms with Crippen molar-refractivity contribution in [1.29, 1.82) is 0 Å². The van der Waals surface area contributed by atoms with Gasteiger partial charge < -0.3 is 15.6 Å². The normalized spacial score (nSPS) is 10.6. The summed E-state index contributed by atoms with van der Waals surface area (Å²) in [6, 6.07) is 12.4. The fraction of sp³-hybridized carbons (Fsp3) is 0.158. The van der Waals surface area contributed by atoms with Gasteiger partial charge in [-0.2, -0.15) is 0 Å². The summed E-state index contributed by atoms with van der Waals surface area (Å²) in [7, 11) is 0. The van der Waals surface area contributed by atoms with E-state index < -0.39 is 17.6 Å². The Morgan fingerprint density at radius 2 is 1.63 bits per heavy atom. The minimum atomic E-state index is -0.588. The summed E-state index contributed by atoms with van der Waals surface area (Å²) in [5.41, 5.74) is 0.0194. The number of carbonyl (C=O) groups excluding carboxylic acids is 2. The van der Waals surface area contributed by atoms with Crippen LogP contribution < -0.4 is 16.2 Å². The van der Waals surface area contributed by atoms with E-state index in [4.69, 9.17) is 0 Å². The molecule has 0 saturated carbocycles. The first-order valence-electron chi connectivity index (χ1n) is 8.36. The second-order valence-electron chi connectivity index (χ2n) is 5.78. The van der Waals surface area contributed by atoms with Crippen LogP contribution in [0.2, 0.25) is 0 Å². The van der Waals surface area contributed by atoms with Crippen LogP contribution in [0, 0.1) is 5.82 Å². The lowest BCUT2D eigenvalue weighted by Crippen LogP contribution is -2.32. The molecule has 7 nitrogen and oxygen atoms in total. The second-order valence-corrected chi connectivity index (χ2v) is 5.78. The van der Waals surface area contributed by atoms with E-state index in [-0.39, 0.29) is 30.0 Å². The van der Waals surface area contributed by atoms with E-state index in [9.17, 15) is 18.8 Å². The van der Waals surface area contributed by atoms with Gasteiger partial charge in [-0.3, -0.25) is 14.4 Å². The molecule has 2 amide bonds. The molecule has 0 atom stereocenters. The number of para-hydroxylation sites is 1. The number of amides is 2. The van der Waals surface area contributed by atoms with Crippen LogP contribution in [-0.2, 0) is 0 Å². The van der Waals surface area contributed by atoms with Crippen LogP contribution in [-0.4, -0.2) is 34.9 Å². The van der Waals surface area contributed by atoms with Crippen molar-refractivity contribution < 1.29 is 14.0 Å². The third-order valence-electron chi connectivity index (χ3n) is 3.87. The lowest BCUT2D eigenvalue weighted by Gasteiger charge is -2.07. The molecule has 2 aromatic carbocycles. The van der Waals surface area contributed by atoms with Crippen molar-refractivity contribution in [3.63, 3.8) is 0 Å². The van der Waals surface area contributed by atoms with Crippen molar-refractivity contribution in [2.24, 2.45) is 0 Å². The Hall–Kier alpha value is -3.55. The summed E-state index contributed by atoms with van der Waals surface area (Å²) in [6.07, 6.45) is 0.434. The van der Waals surface area contributed by atoms with E-state index >= 15 is 0 Å². The molecule has 0 aliphatic heterocycles. The predicted octanol–water partition coefficient (Wildman–Crippen LogP) is 1.61. The Balaban J connectivity index is 1.49. The molecule has 8 heteroatoms. The van der Waals surface area contributed by atoms with Crippen LogP contribution in [0.1, 0.15) is 27.4 Å². The fourth-order valence-electron chi connectivity index (χ4n) is 2.51. The van der Waals surface area contributed by atoms with Gasteiger partial charge in [0.2, 0.25) is 0 Å². The van der Waals surface area contributed by atoms with Gasteiger partial charge in [0, 0.05) is 13.1 Å². The number of hydrogen-bond acceptors (Lipinski definition) is 4. The number of aromatic amines is 1. The van der Waals surface area contributed by atoms with Gasteiger partial charge in [-0.05, 0) is 30.7 Å². The van der Waals surface area contributed by atoms with Crippen LogP contribution in [0.4, 0.5) is 4.39 Å². The van der Waals surface area contributed by atoms with E-state index in [0.29, 0.717) is 17.3 Å². The number of hydrogen-bond donors (Lipinski definition) is 3. The van der Waals surface area contributed by atoms with Gasteiger partial charge >= 0.3 is 0 Å². The van der Waals surface area contributed by atoms with Gasteiger partial charge in [-0.15, -0.1) is 0 Å². The third kappa shape index (κ3) is 4.35. The van der Waals surface area contributed by atoms with E-state index in [1.165, 1.54) is 18.2 Å². The number of nitrogens with zero attached hydrogens (tertiary/aromatic N) is 1. The molecule has 1 heterocycles. The standard InChI is InChI=1S/C19H17FN4O3/c20-14-8-3-1-6-12(14)17(25)21-10-5-11-22-19(27)16-23-15-9-4-2-7-13(15)18(26)24-16/h1-4,6-9H,5,10-11H2,(H,21,25)(H,22,27)(H,23,24,26). The van der Waals surface area contributed by atoms with Crippen molar-refractivity contribution in [1.82, 2.24) is 20.6 Å². The molecule has 0 bridgehead atoms. The maximum absolute atomic E-state index is 13.5. The lowest BCUT2D eigenvalue weighted by atomic mass is 10.2. The lowest BCUT2D eigenvalue weighted by molar-refractivity contribution is 0.0942. The Kier molecular flexibility index (Phi) is 5.55. The van der Waals surface area contributed by atoms with Gasteiger partial charge in [0.05, 0.1) is 16.5 Å². The van der Waals surface area contributed by atoms with E-state index in [1.54, 1.807) is 30.3 Å². The molecule has 0 radical (unpaired) electrons. The molecule has 27 heavy (non-hydrogen) atoms. The molecular weight excluding hydrogens is 351 g/mol. The molecule has 0 aliphatic rings. The maximum atomic E-state index is 13.5. The quantitative estimate of drug-likeness (QED) is 0.575. The number of aromatic nitrogens is 2. The summed E-state index contributed by atoms with van der Waals surface area (Å²) in [5, 5.41) is 5.61. The smallest absolute Gasteiger partial charge is 0.287 e. The number of benzene rings is 2. The molecule has 3 aromatic rings. The first-order chi connectivity index (χ1) is 13.1. The zero-order valence-electron chi connectivity index (χ0n) is 14.3. The van der Waals surface area contributed by atoms with Crippen LogP contribution in [0.15, 0.2) is 53.3 Å². The second kappa shape index (κ2) is 8.22. The summed E-state index contributed by atoms with van der Waals surface area (Å²) in [5.74, 6) is -1.69. The summed E-state index contributed by atoms with van der Waals surface area (Å²) < 4.78 is 13.5. The average molecular weight is 368 g/mol. The third-order valence-corrected chi connectivity index (χ3v) is 3.87. The van der Waals surface area contributed by atoms with Crippen LogP contribution >= 0.6 is 0 Å². The monoisotopic (exact) mass is 368 g/mol. The number of nitrogens with one attached hydrogen (secondary N) is 3. The highest BCUT2D eigenvalue weighted by Crippen LogP contribution is 2.06. The topological polar surface area (TPSA) is 104 Å². The van der Waals surface area contributed by atoms with Crippen LogP contribution in [0.3, 0.4) is 0 Å². The number of fused-ring (bicyclic) bond motifs is 1. The zero-order chi connectivity index (χ0) is 19.2. The van der Waals surface area contributed by atoms with Gasteiger partial charge in [0.15, 0.2) is 5.82 Å². The highest BCUT2D eigenvalue weighted by molar-refractivity contribution is 5.94. The van der Waals surface area contributed by atoms with Crippen LogP contribution in [0.25, 0.3) is 10.9 Å². The molecule has 0 aliphatic carbocycles. The Morgan fingerprint density at radius 3 is 2.41 bits per heavy atom. The first kappa shape index (κ1) is 18.2. The molecule has 3 N–H and O–H groups in total. The van der Waals surface area contributed by atoms with E-state index in [1.807, 2.05) is 0 Å². The fourth-order valence-corrected chi connectivity index (χ4v) is 2.51.